The fraction of sp³-hybridized carbons (Fsp3) is 0.643. The van der Waals surface area contributed by atoms with Crippen molar-refractivity contribution < 1.29 is 0 Å². The van der Waals surface area contributed by atoms with Gasteiger partial charge in [0.1, 0.15) is 5.82 Å². The number of rotatable bonds is 4. The summed E-state index contributed by atoms with van der Waals surface area (Å²) in [5.74, 6) is 1.84. The molecule has 1 saturated heterocycles. The molecule has 2 heterocycles. The maximum Gasteiger partial charge on any atom is 0.142 e. The molecule has 19 heavy (non-hydrogen) atoms. The predicted molar refractivity (Wildman–Crippen MR) is 85.6 cm³/mol. The topological polar surface area (TPSA) is 28.2 Å². The molecule has 3 rings (SSSR count). The molecule has 2 aliphatic rings. The molecule has 1 saturated carbocycles. The Labute approximate surface area is 131 Å². The van der Waals surface area contributed by atoms with Crippen molar-refractivity contribution in [3.63, 3.8) is 0 Å². The van der Waals surface area contributed by atoms with Gasteiger partial charge in [0.2, 0.25) is 0 Å². The zero-order valence-corrected chi connectivity index (χ0v) is 14.1. The molecule has 0 spiro atoms. The normalized spacial score (nSPS) is 23.7. The highest BCUT2D eigenvalue weighted by Gasteiger charge is 2.25. The van der Waals surface area contributed by atoms with Gasteiger partial charge < -0.3 is 10.2 Å². The van der Waals surface area contributed by atoms with Gasteiger partial charge in [0.05, 0.1) is 4.47 Å². The van der Waals surface area contributed by atoms with Gasteiger partial charge in [-0.2, -0.15) is 0 Å². The maximum atomic E-state index is 4.56. The highest BCUT2D eigenvalue weighted by molar-refractivity contribution is 9.11. The van der Waals surface area contributed by atoms with Crippen molar-refractivity contribution in [2.45, 2.75) is 31.7 Å². The molecule has 1 aromatic heterocycles. The SMILES string of the molecule is Brc1cnc(N2CCCC(CNC3CC3)C2)c(Br)c1. The molecule has 5 heteroatoms. The number of piperidine rings is 1. The molecular weight excluding hydrogens is 370 g/mol. The minimum atomic E-state index is 0.756. The van der Waals surface area contributed by atoms with Gasteiger partial charge in [0, 0.05) is 29.8 Å². The zero-order chi connectivity index (χ0) is 13.2. The van der Waals surface area contributed by atoms with Crippen molar-refractivity contribution in [2.24, 2.45) is 5.92 Å². The summed E-state index contributed by atoms with van der Waals surface area (Å²) in [5, 5.41) is 3.66. The summed E-state index contributed by atoms with van der Waals surface area (Å²) in [7, 11) is 0. The number of halogens is 2. The summed E-state index contributed by atoms with van der Waals surface area (Å²) < 4.78 is 2.10. The number of hydrogen-bond acceptors (Lipinski definition) is 3. The Morgan fingerprint density at radius 1 is 1.32 bits per heavy atom. The average Bonchev–Trinajstić information content (AvgIpc) is 3.21. The largest absolute Gasteiger partial charge is 0.355 e. The Morgan fingerprint density at radius 3 is 2.89 bits per heavy atom. The fourth-order valence-electron chi connectivity index (χ4n) is 2.68. The van der Waals surface area contributed by atoms with Crippen LogP contribution in [0.25, 0.3) is 0 Å². The van der Waals surface area contributed by atoms with E-state index in [9.17, 15) is 0 Å². The number of pyridine rings is 1. The van der Waals surface area contributed by atoms with Crippen LogP contribution in [0, 0.1) is 5.92 Å². The van der Waals surface area contributed by atoms with Gasteiger partial charge in [-0.05, 0) is 76.1 Å². The van der Waals surface area contributed by atoms with Gasteiger partial charge in [-0.3, -0.25) is 0 Å². The van der Waals surface area contributed by atoms with Gasteiger partial charge >= 0.3 is 0 Å². The lowest BCUT2D eigenvalue weighted by atomic mass is 9.98. The molecule has 1 unspecified atom stereocenters. The molecule has 1 N–H and O–H groups in total. The van der Waals surface area contributed by atoms with E-state index in [-0.39, 0.29) is 0 Å². The molecule has 104 valence electrons. The van der Waals surface area contributed by atoms with E-state index in [0.717, 1.165) is 46.4 Å². The molecule has 1 aliphatic carbocycles. The van der Waals surface area contributed by atoms with Crippen molar-refractivity contribution >= 4 is 37.7 Å². The smallest absolute Gasteiger partial charge is 0.142 e. The van der Waals surface area contributed by atoms with Crippen LogP contribution < -0.4 is 10.2 Å². The first kappa shape index (κ1) is 13.8. The van der Waals surface area contributed by atoms with E-state index in [0.29, 0.717) is 0 Å². The van der Waals surface area contributed by atoms with Gasteiger partial charge in [0.15, 0.2) is 0 Å². The van der Waals surface area contributed by atoms with Crippen molar-refractivity contribution in [1.82, 2.24) is 10.3 Å². The second-order valence-electron chi connectivity index (χ2n) is 5.60. The van der Waals surface area contributed by atoms with E-state index >= 15 is 0 Å². The minimum Gasteiger partial charge on any atom is -0.355 e. The standard InChI is InChI=1S/C14H19Br2N3/c15-11-6-13(16)14(18-8-11)19-5-1-2-10(9-19)7-17-12-3-4-12/h6,8,10,12,17H,1-5,7,9H2. The minimum absolute atomic E-state index is 0.756. The van der Waals surface area contributed by atoms with Crippen LogP contribution in [0.5, 0.6) is 0 Å². The van der Waals surface area contributed by atoms with Crippen LogP contribution >= 0.6 is 31.9 Å². The van der Waals surface area contributed by atoms with E-state index < -0.39 is 0 Å². The summed E-state index contributed by atoms with van der Waals surface area (Å²) in [4.78, 5) is 6.97. The number of anilines is 1. The predicted octanol–water partition coefficient (Wildman–Crippen LogP) is 3.58. The first-order valence-corrected chi connectivity index (χ1v) is 8.60. The Kier molecular flexibility index (Phi) is 4.44. The van der Waals surface area contributed by atoms with Crippen LogP contribution in [0.1, 0.15) is 25.7 Å². The van der Waals surface area contributed by atoms with Crippen LogP contribution in [0.3, 0.4) is 0 Å². The molecule has 2 fully saturated rings. The number of aromatic nitrogens is 1. The average molecular weight is 389 g/mol. The third-order valence-corrected chi connectivity index (χ3v) is 4.90. The monoisotopic (exact) mass is 387 g/mol. The van der Waals surface area contributed by atoms with Crippen molar-refractivity contribution in [3.8, 4) is 0 Å². The molecule has 3 nitrogen and oxygen atoms in total. The third kappa shape index (κ3) is 3.70. The van der Waals surface area contributed by atoms with E-state index in [1.54, 1.807) is 0 Å². The van der Waals surface area contributed by atoms with Crippen LogP contribution in [0.15, 0.2) is 21.2 Å². The molecule has 0 aromatic carbocycles. The number of nitrogens with zero attached hydrogens (tertiary/aromatic N) is 2. The summed E-state index contributed by atoms with van der Waals surface area (Å²) in [6.07, 6.45) is 7.23. The van der Waals surface area contributed by atoms with Crippen LogP contribution in [-0.4, -0.2) is 30.7 Å². The third-order valence-electron chi connectivity index (χ3n) is 3.88. The maximum absolute atomic E-state index is 4.56. The van der Waals surface area contributed by atoms with E-state index in [4.69, 9.17) is 0 Å². The lowest BCUT2D eigenvalue weighted by molar-refractivity contribution is 0.389. The van der Waals surface area contributed by atoms with Crippen molar-refractivity contribution in [3.05, 3.63) is 21.2 Å². The van der Waals surface area contributed by atoms with Gasteiger partial charge in [0.25, 0.3) is 0 Å². The van der Waals surface area contributed by atoms with Gasteiger partial charge in [-0.15, -0.1) is 0 Å². The molecular formula is C14H19Br2N3. The van der Waals surface area contributed by atoms with Gasteiger partial charge in [-0.1, -0.05) is 0 Å². The second kappa shape index (κ2) is 6.10. The second-order valence-corrected chi connectivity index (χ2v) is 7.37. The molecule has 0 radical (unpaired) electrons. The molecule has 1 aliphatic heterocycles. The molecule has 1 aromatic rings. The number of nitrogens with one attached hydrogen (secondary N) is 1. The Bertz CT molecular complexity index is 448. The van der Waals surface area contributed by atoms with Gasteiger partial charge in [-0.25, -0.2) is 4.98 Å². The molecule has 0 amide bonds. The summed E-state index contributed by atoms with van der Waals surface area (Å²) in [6.45, 7) is 3.40. The molecule has 0 bridgehead atoms. The first-order chi connectivity index (χ1) is 9.22. The van der Waals surface area contributed by atoms with E-state index in [2.05, 4.69) is 53.1 Å². The highest BCUT2D eigenvalue weighted by Crippen LogP contribution is 2.30. The van der Waals surface area contributed by atoms with Crippen LogP contribution in [0.4, 0.5) is 5.82 Å². The zero-order valence-electron chi connectivity index (χ0n) is 10.9. The lowest BCUT2D eigenvalue weighted by Gasteiger charge is -2.34. The summed E-state index contributed by atoms with van der Waals surface area (Å²) >= 11 is 7.08. The van der Waals surface area contributed by atoms with E-state index in [1.807, 2.05) is 6.20 Å². The molecule has 1 atom stereocenters. The first-order valence-electron chi connectivity index (χ1n) is 7.02. The van der Waals surface area contributed by atoms with E-state index in [1.165, 1.54) is 25.7 Å². The van der Waals surface area contributed by atoms with Crippen molar-refractivity contribution in [1.29, 1.82) is 0 Å². The van der Waals surface area contributed by atoms with Crippen LogP contribution in [0.2, 0.25) is 0 Å². The quantitative estimate of drug-likeness (QED) is 0.854. The Hall–Kier alpha value is -0.130. The van der Waals surface area contributed by atoms with Crippen molar-refractivity contribution in [2.75, 3.05) is 24.5 Å². The summed E-state index contributed by atoms with van der Waals surface area (Å²) in [5.41, 5.74) is 0. The Balaban J connectivity index is 1.62. The lowest BCUT2D eigenvalue weighted by Crippen LogP contribution is -2.40. The number of hydrogen-bond donors (Lipinski definition) is 1. The highest BCUT2D eigenvalue weighted by atomic mass is 79.9. The fourth-order valence-corrected chi connectivity index (χ4v) is 3.92. The Morgan fingerprint density at radius 2 is 2.16 bits per heavy atom. The van der Waals surface area contributed by atoms with Crippen LogP contribution in [-0.2, 0) is 0 Å². The summed E-state index contributed by atoms with van der Waals surface area (Å²) in [6, 6.07) is 2.89.